The maximum atomic E-state index is 14.6. The minimum atomic E-state index is -0.635. The summed E-state index contributed by atoms with van der Waals surface area (Å²) in [6, 6.07) is 8.74. The zero-order valence-electron chi connectivity index (χ0n) is 18.5. The van der Waals surface area contributed by atoms with Crippen molar-refractivity contribution in [2.75, 3.05) is 38.9 Å². The van der Waals surface area contributed by atoms with Crippen LogP contribution in [0.5, 0.6) is 23.0 Å². The average molecular weight is 458 g/mol. The van der Waals surface area contributed by atoms with Gasteiger partial charge in [0.15, 0.2) is 11.5 Å². The van der Waals surface area contributed by atoms with Gasteiger partial charge in [-0.05, 0) is 37.6 Å². The van der Waals surface area contributed by atoms with E-state index in [2.05, 4.69) is 15.6 Å². The molecule has 0 atom stereocenters. The van der Waals surface area contributed by atoms with Crippen LogP contribution < -0.4 is 30.6 Å². The van der Waals surface area contributed by atoms with Crippen LogP contribution in [0.2, 0.25) is 0 Å². The lowest BCUT2D eigenvalue weighted by Gasteiger charge is -2.14. The highest BCUT2D eigenvalue weighted by molar-refractivity contribution is 5.90. The lowest BCUT2D eigenvalue weighted by molar-refractivity contribution is 0.145. The van der Waals surface area contributed by atoms with Gasteiger partial charge >= 0.3 is 6.03 Å². The van der Waals surface area contributed by atoms with Gasteiger partial charge in [0, 0.05) is 43.5 Å². The van der Waals surface area contributed by atoms with Crippen molar-refractivity contribution in [2.24, 2.45) is 5.73 Å². The van der Waals surface area contributed by atoms with E-state index in [9.17, 15) is 9.18 Å². The van der Waals surface area contributed by atoms with Crippen molar-refractivity contribution in [3.8, 4) is 23.0 Å². The molecule has 0 unspecified atom stereocenters. The number of hydrogen-bond acceptors (Lipinski definition) is 7. The fourth-order valence-electron chi connectivity index (χ4n) is 3.05. The summed E-state index contributed by atoms with van der Waals surface area (Å²) in [7, 11) is 1.52. The van der Waals surface area contributed by atoms with E-state index in [1.165, 1.54) is 19.2 Å². The standard InChI is InChI=1S/C23H27FN4O5/c1-3-31-10-4-8-27-23(29)28-18-6-5-15(11-17(18)24)33-20-7-9-26-19-13-21(30-2)22(32-14-25)12-16(19)20/h5-7,9,11-13H,3-4,8,10,14,25H2,1-2H3,(H2,27,28,29). The van der Waals surface area contributed by atoms with Gasteiger partial charge < -0.3 is 29.6 Å². The second-order valence-electron chi connectivity index (χ2n) is 6.82. The fourth-order valence-corrected chi connectivity index (χ4v) is 3.05. The van der Waals surface area contributed by atoms with Gasteiger partial charge in [-0.3, -0.25) is 10.7 Å². The zero-order chi connectivity index (χ0) is 23.6. The van der Waals surface area contributed by atoms with Gasteiger partial charge in [0.05, 0.1) is 18.3 Å². The summed E-state index contributed by atoms with van der Waals surface area (Å²) in [5.41, 5.74) is 6.13. The Hall–Kier alpha value is -3.63. The number of ether oxygens (including phenoxy) is 4. The van der Waals surface area contributed by atoms with Gasteiger partial charge in [0.2, 0.25) is 0 Å². The maximum absolute atomic E-state index is 14.6. The normalized spacial score (nSPS) is 10.7. The molecule has 33 heavy (non-hydrogen) atoms. The summed E-state index contributed by atoms with van der Waals surface area (Å²) >= 11 is 0. The average Bonchev–Trinajstić information content (AvgIpc) is 2.81. The number of nitrogens with zero attached hydrogens (tertiary/aromatic N) is 1. The van der Waals surface area contributed by atoms with Gasteiger partial charge in [-0.2, -0.15) is 0 Å². The van der Waals surface area contributed by atoms with Crippen molar-refractivity contribution in [1.29, 1.82) is 0 Å². The minimum Gasteiger partial charge on any atom is -0.493 e. The van der Waals surface area contributed by atoms with Crippen LogP contribution in [-0.4, -0.2) is 44.6 Å². The van der Waals surface area contributed by atoms with Gasteiger partial charge in [0.1, 0.15) is 24.0 Å². The van der Waals surface area contributed by atoms with E-state index in [4.69, 9.17) is 24.7 Å². The van der Waals surface area contributed by atoms with Crippen molar-refractivity contribution in [1.82, 2.24) is 10.3 Å². The van der Waals surface area contributed by atoms with Gasteiger partial charge in [0.25, 0.3) is 0 Å². The van der Waals surface area contributed by atoms with Crippen LogP contribution in [0.3, 0.4) is 0 Å². The molecule has 2 aromatic carbocycles. The van der Waals surface area contributed by atoms with Crippen LogP contribution in [-0.2, 0) is 4.74 Å². The van der Waals surface area contributed by atoms with Crippen molar-refractivity contribution < 1.29 is 28.1 Å². The number of hydrogen-bond donors (Lipinski definition) is 3. The molecular formula is C23H27FN4O5. The van der Waals surface area contributed by atoms with Crippen LogP contribution in [0.15, 0.2) is 42.6 Å². The molecule has 3 rings (SSSR count). The third-order valence-electron chi connectivity index (χ3n) is 4.60. The molecular weight excluding hydrogens is 431 g/mol. The van der Waals surface area contributed by atoms with Crippen molar-refractivity contribution >= 4 is 22.6 Å². The Bertz CT molecular complexity index is 1100. The molecule has 3 aromatic rings. The highest BCUT2D eigenvalue weighted by Gasteiger charge is 2.13. The molecule has 1 heterocycles. The number of carbonyl (C=O) groups excluding carboxylic acids is 1. The van der Waals surface area contributed by atoms with Gasteiger partial charge in [-0.25, -0.2) is 9.18 Å². The van der Waals surface area contributed by atoms with Crippen molar-refractivity contribution in [2.45, 2.75) is 13.3 Å². The van der Waals surface area contributed by atoms with Crippen LogP contribution in [0.1, 0.15) is 13.3 Å². The molecule has 0 aliphatic heterocycles. The van der Waals surface area contributed by atoms with Crippen LogP contribution in [0.4, 0.5) is 14.9 Å². The monoisotopic (exact) mass is 458 g/mol. The number of aromatic nitrogens is 1. The Morgan fingerprint density at radius 3 is 2.73 bits per heavy atom. The lowest BCUT2D eigenvalue weighted by atomic mass is 10.2. The van der Waals surface area contributed by atoms with E-state index in [1.807, 2.05) is 6.92 Å². The Morgan fingerprint density at radius 1 is 1.15 bits per heavy atom. The van der Waals surface area contributed by atoms with Crippen LogP contribution >= 0.6 is 0 Å². The summed E-state index contributed by atoms with van der Waals surface area (Å²) in [4.78, 5) is 16.3. The third-order valence-corrected chi connectivity index (χ3v) is 4.60. The van der Waals surface area contributed by atoms with Crippen LogP contribution in [0.25, 0.3) is 10.9 Å². The summed E-state index contributed by atoms with van der Waals surface area (Å²) in [6.45, 7) is 3.46. The second-order valence-corrected chi connectivity index (χ2v) is 6.82. The first kappa shape index (κ1) is 24.0. The van der Waals surface area contributed by atoms with Crippen LogP contribution in [0, 0.1) is 5.82 Å². The van der Waals surface area contributed by atoms with Crippen molar-refractivity contribution in [3.05, 3.63) is 48.4 Å². The number of methoxy groups -OCH3 is 1. The van der Waals surface area contributed by atoms with E-state index in [1.54, 1.807) is 30.5 Å². The predicted molar refractivity (Wildman–Crippen MR) is 123 cm³/mol. The van der Waals surface area contributed by atoms with E-state index in [0.717, 1.165) is 0 Å². The van der Waals surface area contributed by atoms with E-state index in [0.29, 0.717) is 54.3 Å². The summed E-state index contributed by atoms with van der Waals surface area (Å²) in [6.07, 6.45) is 2.24. The molecule has 0 bridgehead atoms. The molecule has 10 heteroatoms. The number of pyridine rings is 1. The number of rotatable bonds is 11. The van der Waals surface area contributed by atoms with Gasteiger partial charge in [-0.15, -0.1) is 0 Å². The number of urea groups is 1. The number of benzene rings is 2. The quantitative estimate of drug-likeness (QED) is 0.293. The molecule has 176 valence electrons. The Morgan fingerprint density at radius 2 is 2.00 bits per heavy atom. The summed E-state index contributed by atoms with van der Waals surface area (Å²) < 4.78 is 36.4. The molecule has 4 N–H and O–H groups in total. The molecule has 2 amide bonds. The number of anilines is 1. The molecule has 0 saturated carbocycles. The smallest absolute Gasteiger partial charge is 0.319 e. The largest absolute Gasteiger partial charge is 0.493 e. The molecule has 0 aliphatic rings. The molecule has 0 spiro atoms. The molecule has 0 aliphatic carbocycles. The van der Waals surface area contributed by atoms with E-state index < -0.39 is 11.8 Å². The molecule has 0 fully saturated rings. The Labute approximate surface area is 191 Å². The summed E-state index contributed by atoms with van der Waals surface area (Å²) in [5, 5.41) is 5.77. The number of nitrogens with one attached hydrogen (secondary N) is 2. The lowest BCUT2D eigenvalue weighted by Crippen LogP contribution is -2.30. The third kappa shape index (κ3) is 6.43. The Balaban J connectivity index is 1.72. The topological polar surface area (TPSA) is 117 Å². The van der Waals surface area contributed by atoms with E-state index in [-0.39, 0.29) is 18.2 Å². The Kier molecular flexibility index (Phi) is 8.62. The zero-order valence-corrected chi connectivity index (χ0v) is 18.5. The predicted octanol–water partition coefficient (Wildman–Crippen LogP) is 4.02. The highest BCUT2D eigenvalue weighted by atomic mass is 19.1. The molecule has 0 saturated heterocycles. The first-order chi connectivity index (χ1) is 16.0. The minimum absolute atomic E-state index is 0.0297. The molecule has 1 aromatic heterocycles. The summed E-state index contributed by atoms with van der Waals surface area (Å²) in [5.74, 6) is 0.971. The number of amides is 2. The number of nitrogens with two attached hydrogens (primary N) is 1. The molecule has 0 radical (unpaired) electrons. The van der Waals surface area contributed by atoms with E-state index >= 15 is 0 Å². The first-order valence-electron chi connectivity index (χ1n) is 10.4. The number of fused-ring (bicyclic) bond motifs is 1. The number of carbonyl (C=O) groups is 1. The van der Waals surface area contributed by atoms with Crippen molar-refractivity contribution in [3.63, 3.8) is 0 Å². The fraction of sp³-hybridized carbons (Fsp3) is 0.304. The van der Waals surface area contributed by atoms with Gasteiger partial charge in [-0.1, -0.05) is 0 Å². The number of halogens is 1. The first-order valence-corrected chi connectivity index (χ1v) is 10.4. The molecule has 9 nitrogen and oxygen atoms in total. The SMILES string of the molecule is CCOCCCNC(=O)Nc1ccc(Oc2ccnc3cc(OC)c(OCN)cc23)cc1F. The maximum Gasteiger partial charge on any atom is 0.319 e. The highest BCUT2D eigenvalue weighted by Crippen LogP contribution is 2.37. The second kappa shape index (κ2) is 11.8.